The normalized spacial score (nSPS) is 11.9. The molecule has 1 rings (SSSR count). The predicted molar refractivity (Wildman–Crippen MR) is 69.6 cm³/mol. The van der Waals surface area contributed by atoms with E-state index < -0.39 is 28.4 Å². The zero-order valence-electron chi connectivity index (χ0n) is 10.4. The quantitative estimate of drug-likeness (QED) is 0.592. The molecule has 0 amide bonds. The van der Waals surface area contributed by atoms with Gasteiger partial charge in [-0.25, -0.2) is 9.18 Å². The summed E-state index contributed by atoms with van der Waals surface area (Å²) in [6.07, 6.45) is 0.0813. The molecule has 20 heavy (non-hydrogen) atoms. The Morgan fingerprint density at radius 3 is 2.80 bits per heavy atom. The van der Waals surface area contributed by atoms with Crippen molar-refractivity contribution in [2.75, 3.05) is 19.0 Å². The number of aliphatic carboxylic acids is 1. The summed E-state index contributed by atoms with van der Waals surface area (Å²) < 4.78 is 18.0. The van der Waals surface area contributed by atoms with Crippen molar-refractivity contribution in [3.05, 3.63) is 33.1 Å². The van der Waals surface area contributed by atoms with Crippen LogP contribution in [-0.4, -0.2) is 35.8 Å². The average Bonchev–Trinajstić information content (AvgIpc) is 2.37. The van der Waals surface area contributed by atoms with Gasteiger partial charge in [0.15, 0.2) is 0 Å². The van der Waals surface area contributed by atoms with Gasteiger partial charge < -0.3 is 15.2 Å². The summed E-state index contributed by atoms with van der Waals surface area (Å²) in [5, 5.41) is 22.0. The molecule has 0 saturated heterocycles. The number of nitro groups is 1. The van der Waals surface area contributed by atoms with Crippen molar-refractivity contribution < 1.29 is 24.0 Å². The van der Waals surface area contributed by atoms with Crippen molar-refractivity contribution in [1.82, 2.24) is 0 Å². The number of ether oxygens (including phenoxy) is 1. The Balaban J connectivity index is 3.07. The lowest BCUT2D eigenvalue weighted by Gasteiger charge is -2.15. The van der Waals surface area contributed by atoms with Crippen LogP contribution in [0, 0.1) is 15.9 Å². The molecule has 0 aliphatic heterocycles. The van der Waals surface area contributed by atoms with Crippen molar-refractivity contribution in [2.24, 2.45) is 0 Å². The van der Waals surface area contributed by atoms with Gasteiger partial charge in [-0.1, -0.05) is 11.6 Å². The number of carboxylic acid groups (broad SMARTS) is 1. The molecule has 0 spiro atoms. The highest BCUT2D eigenvalue weighted by Gasteiger charge is 2.23. The minimum absolute atomic E-state index is 0.0813. The van der Waals surface area contributed by atoms with Crippen LogP contribution in [0.4, 0.5) is 15.8 Å². The van der Waals surface area contributed by atoms with Crippen LogP contribution in [0.2, 0.25) is 5.02 Å². The van der Waals surface area contributed by atoms with Crippen molar-refractivity contribution in [1.29, 1.82) is 0 Å². The van der Waals surface area contributed by atoms with E-state index in [0.29, 0.717) is 6.07 Å². The monoisotopic (exact) mass is 306 g/mol. The second-order valence-corrected chi connectivity index (χ2v) is 4.26. The van der Waals surface area contributed by atoms with Gasteiger partial charge in [-0.05, 0) is 6.07 Å². The summed E-state index contributed by atoms with van der Waals surface area (Å²) in [6.45, 7) is 0.146. The van der Waals surface area contributed by atoms with Crippen LogP contribution in [0.3, 0.4) is 0 Å². The van der Waals surface area contributed by atoms with Gasteiger partial charge in [0.1, 0.15) is 17.5 Å². The van der Waals surface area contributed by atoms with E-state index in [9.17, 15) is 19.3 Å². The average molecular weight is 307 g/mol. The number of anilines is 1. The van der Waals surface area contributed by atoms with Gasteiger partial charge in [0.25, 0.3) is 5.69 Å². The molecule has 1 unspecified atom stereocenters. The summed E-state index contributed by atoms with van der Waals surface area (Å²) in [6, 6.07) is 0.507. The fourth-order valence-electron chi connectivity index (χ4n) is 1.48. The SMILES string of the molecule is COCCC(Nc1cc(Cl)c(F)cc1[N+](=O)[O-])C(=O)O. The summed E-state index contributed by atoms with van der Waals surface area (Å²) in [4.78, 5) is 21.1. The molecule has 2 N–H and O–H groups in total. The number of rotatable bonds is 7. The molecule has 0 saturated carbocycles. The van der Waals surface area contributed by atoms with Gasteiger partial charge in [-0.3, -0.25) is 10.1 Å². The smallest absolute Gasteiger partial charge is 0.326 e. The Hall–Kier alpha value is -1.93. The largest absolute Gasteiger partial charge is 0.480 e. The van der Waals surface area contributed by atoms with E-state index in [1.165, 1.54) is 7.11 Å². The number of nitrogens with zero attached hydrogens (tertiary/aromatic N) is 1. The van der Waals surface area contributed by atoms with Crippen LogP contribution in [-0.2, 0) is 9.53 Å². The molecule has 0 aliphatic rings. The summed E-state index contributed by atoms with van der Waals surface area (Å²) in [7, 11) is 1.40. The third-order valence-corrected chi connectivity index (χ3v) is 2.76. The lowest BCUT2D eigenvalue weighted by Crippen LogP contribution is -2.30. The first-order chi connectivity index (χ1) is 9.36. The number of methoxy groups -OCH3 is 1. The molecule has 0 aromatic heterocycles. The van der Waals surface area contributed by atoms with Gasteiger partial charge in [0.05, 0.1) is 16.0 Å². The van der Waals surface area contributed by atoms with Crippen LogP contribution in [0.25, 0.3) is 0 Å². The molecule has 7 nitrogen and oxygen atoms in total. The summed E-state index contributed by atoms with van der Waals surface area (Å²) >= 11 is 5.55. The van der Waals surface area contributed by atoms with Gasteiger partial charge in [-0.15, -0.1) is 0 Å². The molecule has 0 radical (unpaired) electrons. The molecule has 0 heterocycles. The van der Waals surface area contributed by atoms with Crippen LogP contribution in [0.15, 0.2) is 12.1 Å². The lowest BCUT2D eigenvalue weighted by molar-refractivity contribution is -0.384. The molecule has 0 fully saturated rings. The van der Waals surface area contributed by atoms with E-state index in [1.807, 2.05) is 0 Å². The highest BCUT2D eigenvalue weighted by Crippen LogP contribution is 2.31. The van der Waals surface area contributed by atoms with E-state index in [4.69, 9.17) is 21.4 Å². The first-order valence-electron chi connectivity index (χ1n) is 5.48. The van der Waals surface area contributed by atoms with Gasteiger partial charge in [-0.2, -0.15) is 0 Å². The van der Waals surface area contributed by atoms with Crippen LogP contribution in [0.1, 0.15) is 6.42 Å². The highest BCUT2D eigenvalue weighted by atomic mass is 35.5. The zero-order chi connectivity index (χ0) is 15.3. The summed E-state index contributed by atoms with van der Waals surface area (Å²) in [5.74, 6) is -2.16. The van der Waals surface area contributed by atoms with Gasteiger partial charge in [0.2, 0.25) is 0 Å². The maximum absolute atomic E-state index is 13.2. The van der Waals surface area contributed by atoms with Crippen LogP contribution in [0.5, 0.6) is 0 Å². The molecular weight excluding hydrogens is 295 g/mol. The maximum atomic E-state index is 13.2. The third-order valence-electron chi connectivity index (χ3n) is 2.47. The molecule has 0 aliphatic carbocycles. The molecule has 1 aromatic carbocycles. The van der Waals surface area contributed by atoms with E-state index in [-0.39, 0.29) is 23.7 Å². The molecule has 1 aromatic rings. The second kappa shape index (κ2) is 7.01. The second-order valence-electron chi connectivity index (χ2n) is 3.86. The van der Waals surface area contributed by atoms with Crippen molar-refractivity contribution in [2.45, 2.75) is 12.5 Å². The molecule has 9 heteroatoms. The van der Waals surface area contributed by atoms with Crippen molar-refractivity contribution >= 4 is 28.9 Å². The molecule has 110 valence electrons. The van der Waals surface area contributed by atoms with E-state index in [2.05, 4.69) is 5.32 Å². The number of carboxylic acids is 1. The Kier molecular flexibility index (Phi) is 5.66. The summed E-state index contributed by atoms with van der Waals surface area (Å²) in [5.41, 5.74) is -0.750. The fourth-order valence-corrected chi connectivity index (χ4v) is 1.65. The number of benzene rings is 1. The van der Waals surface area contributed by atoms with E-state index in [0.717, 1.165) is 6.07 Å². The van der Waals surface area contributed by atoms with Gasteiger partial charge in [0, 0.05) is 20.1 Å². The predicted octanol–water partition coefficient (Wildman–Crippen LogP) is 2.29. The Morgan fingerprint density at radius 2 is 2.30 bits per heavy atom. The number of nitro benzene ring substituents is 1. The number of halogens is 2. The first-order valence-corrected chi connectivity index (χ1v) is 5.86. The maximum Gasteiger partial charge on any atom is 0.326 e. The first kappa shape index (κ1) is 16.1. The lowest BCUT2D eigenvalue weighted by atomic mass is 10.2. The number of nitrogens with one attached hydrogen (secondary N) is 1. The minimum Gasteiger partial charge on any atom is -0.480 e. The van der Waals surface area contributed by atoms with Crippen molar-refractivity contribution in [3.8, 4) is 0 Å². The topological polar surface area (TPSA) is 102 Å². The fraction of sp³-hybridized carbons (Fsp3) is 0.364. The molecule has 1 atom stereocenters. The zero-order valence-corrected chi connectivity index (χ0v) is 11.2. The Labute approximate surface area is 118 Å². The molecule has 0 bridgehead atoms. The number of carbonyl (C=O) groups is 1. The third kappa shape index (κ3) is 4.04. The minimum atomic E-state index is -1.21. The Morgan fingerprint density at radius 1 is 1.65 bits per heavy atom. The van der Waals surface area contributed by atoms with E-state index >= 15 is 0 Å². The van der Waals surface area contributed by atoms with Crippen molar-refractivity contribution in [3.63, 3.8) is 0 Å². The number of hydrogen-bond donors (Lipinski definition) is 2. The Bertz CT molecular complexity index is 526. The van der Waals surface area contributed by atoms with Gasteiger partial charge >= 0.3 is 5.97 Å². The van der Waals surface area contributed by atoms with E-state index in [1.54, 1.807) is 0 Å². The van der Waals surface area contributed by atoms with Crippen LogP contribution >= 0.6 is 11.6 Å². The van der Waals surface area contributed by atoms with Crippen LogP contribution < -0.4 is 5.32 Å². The standard InChI is InChI=1S/C11H12ClFN2O5/c1-20-3-2-8(11(16)17)14-9-4-6(12)7(13)5-10(9)15(18)19/h4-5,8,14H,2-3H2,1H3,(H,16,17). The highest BCUT2D eigenvalue weighted by molar-refractivity contribution is 6.31. The number of hydrogen-bond acceptors (Lipinski definition) is 5. The molecular formula is C11H12ClFN2O5.